The third-order valence-electron chi connectivity index (χ3n) is 3.09. The largest absolute Gasteiger partial charge is 0.337 e. The summed E-state index contributed by atoms with van der Waals surface area (Å²) in [6.07, 6.45) is 3.01. The van der Waals surface area contributed by atoms with Crippen LogP contribution in [0.5, 0.6) is 0 Å². The number of halogens is 1. The number of nitrogens with zero attached hydrogens (tertiary/aromatic N) is 1. The molecule has 1 aliphatic heterocycles. The van der Waals surface area contributed by atoms with Gasteiger partial charge in [-0.05, 0) is 26.8 Å². The van der Waals surface area contributed by atoms with Gasteiger partial charge in [-0.2, -0.15) is 0 Å². The number of rotatable bonds is 4. The maximum atomic E-state index is 12.0. The van der Waals surface area contributed by atoms with Gasteiger partial charge in [-0.15, -0.1) is 12.4 Å². The summed E-state index contributed by atoms with van der Waals surface area (Å²) in [5.74, 6) is -0.264. The van der Waals surface area contributed by atoms with Crippen LogP contribution in [0, 0.1) is 0 Å². The molecule has 1 N–H and O–H groups in total. The molecule has 1 amide bonds. The number of sulfone groups is 1. The fourth-order valence-electron chi connectivity index (χ4n) is 1.99. The van der Waals surface area contributed by atoms with Gasteiger partial charge in [0.1, 0.15) is 5.25 Å². The first-order valence-corrected chi connectivity index (χ1v) is 7.47. The van der Waals surface area contributed by atoms with Crippen molar-refractivity contribution in [3.05, 3.63) is 0 Å². The molecular weight excluding hydrogens is 264 g/mol. The van der Waals surface area contributed by atoms with Crippen LogP contribution >= 0.6 is 12.4 Å². The van der Waals surface area contributed by atoms with E-state index in [1.54, 1.807) is 4.90 Å². The highest BCUT2D eigenvalue weighted by atomic mass is 35.5. The molecule has 17 heavy (non-hydrogen) atoms. The summed E-state index contributed by atoms with van der Waals surface area (Å²) in [7, 11) is -1.46. The van der Waals surface area contributed by atoms with Crippen LogP contribution in [0.1, 0.15) is 19.8 Å². The summed E-state index contributed by atoms with van der Waals surface area (Å²) >= 11 is 0. The average molecular weight is 285 g/mol. The van der Waals surface area contributed by atoms with Gasteiger partial charge in [0, 0.05) is 25.4 Å². The minimum Gasteiger partial charge on any atom is -0.337 e. The van der Waals surface area contributed by atoms with Gasteiger partial charge in [-0.3, -0.25) is 4.79 Å². The Bertz CT molecular complexity index is 359. The van der Waals surface area contributed by atoms with E-state index >= 15 is 0 Å². The highest BCUT2D eigenvalue weighted by Crippen LogP contribution is 2.19. The fourth-order valence-corrected chi connectivity index (χ4v) is 2.49. The van der Waals surface area contributed by atoms with Crippen molar-refractivity contribution in [3.63, 3.8) is 0 Å². The Morgan fingerprint density at radius 1 is 1.53 bits per heavy atom. The summed E-state index contributed by atoms with van der Waals surface area (Å²) in [5, 5.41) is 2.10. The van der Waals surface area contributed by atoms with Crippen molar-refractivity contribution in [3.8, 4) is 0 Å². The SMILES string of the molecule is CNCC1CCCN1C(=O)C(C)S(C)(=O)=O.Cl. The first-order valence-electron chi connectivity index (χ1n) is 5.52. The molecule has 7 heteroatoms. The Morgan fingerprint density at radius 3 is 2.59 bits per heavy atom. The van der Waals surface area contributed by atoms with Gasteiger partial charge in [0.15, 0.2) is 9.84 Å². The number of amides is 1. The molecule has 2 atom stereocenters. The second kappa shape index (κ2) is 6.56. The van der Waals surface area contributed by atoms with Crippen molar-refractivity contribution >= 4 is 28.2 Å². The lowest BCUT2D eigenvalue weighted by Gasteiger charge is -2.26. The summed E-state index contributed by atoms with van der Waals surface area (Å²) in [6.45, 7) is 2.86. The standard InChI is InChI=1S/C10H20N2O3S.ClH/c1-8(16(3,14)15)10(13)12-6-4-5-9(12)7-11-2;/h8-9,11H,4-7H2,1-3H3;1H. The molecule has 1 fully saturated rings. The van der Waals surface area contributed by atoms with Crippen molar-refractivity contribution in [2.24, 2.45) is 0 Å². The van der Waals surface area contributed by atoms with Crippen LogP contribution in [-0.2, 0) is 14.6 Å². The Morgan fingerprint density at radius 2 is 2.12 bits per heavy atom. The van der Waals surface area contributed by atoms with Crippen LogP contribution in [0.4, 0.5) is 0 Å². The van der Waals surface area contributed by atoms with Crippen LogP contribution in [0.2, 0.25) is 0 Å². The van der Waals surface area contributed by atoms with Crippen LogP contribution < -0.4 is 5.32 Å². The summed E-state index contributed by atoms with van der Waals surface area (Å²) in [6, 6.07) is 0.140. The quantitative estimate of drug-likeness (QED) is 0.792. The van der Waals surface area contributed by atoms with Crippen LogP contribution in [0.3, 0.4) is 0 Å². The number of likely N-dealkylation sites (tertiary alicyclic amines) is 1. The number of likely N-dealkylation sites (N-methyl/N-ethyl adjacent to an activating group) is 1. The molecule has 0 aromatic carbocycles. The fraction of sp³-hybridized carbons (Fsp3) is 0.900. The minimum absolute atomic E-state index is 0. The van der Waals surface area contributed by atoms with E-state index in [-0.39, 0.29) is 24.4 Å². The predicted octanol–water partition coefficient (Wildman–Crippen LogP) is 0.0517. The second-order valence-corrected chi connectivity index (χ2v) is 6.72. The zero-order chi connectivity index (χ0) is 12.3. The predicted molar refractivity (Wildman–Crippen MR) is 70.2 cm³/mol. The lowest BCUT2D eigenvalue weighted by molar-refractivity contribution is -0.131. The molecule has 102 valence electrons. The molecule has 0 saturated carbocycles. The molecule has 5 nitrogen and oxygen atoms in total. The lowest BCUT2D eigenvalue weighted by Crippen LogP contribution is -2.46. The summed E-state index contributed by atoms with van der Waals surface area (Å²) in [5.41, 5.74) is 0. The molecule has 0 spiro atoms. The molecule has 2 unspecified atom stereocenters. The van der Waals surface area contributed by atoms with E-state index in [0.29, 0.717) is 6.54 Å². The normalized spacial score (nSPS) is 22.1. The van der Waals surface area contributed by atoms with Crippen molar-refractivity contribution in [2.45, 2.75) is 31.1 Å². The monoisotopic (exact) mass is 284 g/mol. The lowest BCUT2D eigenvalue weighted by atomic mass is 10.2. The van der Waals surface area contributed by atoms with Gasteiger partial charge in [0.25, 0.3) is 0 Å². The molecule has 0 aliphatic carbocycles. The van der Waals surface area contributed by atoms with E-state index in [4.69, 9.17) is 0 Å². The van der Waals surface area contributed by atoms with Gasteiger partial charge < -0.3 is 10.2 Å². The Hall–Kier alpha value is -0.330. The molecular formula is C10H21ClN2O3S. The van der Waals surface area contributed by atoms with Crippen molar-refractivity contribution < 1.29 is 13.2 Å². The zero-order valence-corrected chi connectivity index (χ0v) is 12.1. The van der Waals surface area contributed by atoms with E-state index in [1.165, 1.54) is 6.92 Å². The van der Waals surface area contributed by atoms with Crippen LogP contribution in [-0.4, -0.2) is 56.9 Å². The molecule has 1 saturated heterocycles. The maximum Gasteiger partial charge on any atom is 0.240 e. The molecule has 1 aliphatic rings. The van der Waals surface area contributed by atoms with Gasteiger partial charge in [-0.25, -0.2) is 8.42 Å². The van der Waals surface area contributed by atoms with Gasteiger partial charge in [-0.1, -0.05) is 0 Å². The first kappa shape index (κ1) is 16.7. The van der Waals surface area contributed by atoms with E-state index < -0.39 is 15.1 Å². The third kappa shape index (κ3) is 4.12. The highest BCUT2D eigenvalue weighted by Gasteiger charge is 2.34. The molecule has 0 radical (unpaired) electrons. The van der Waals surface area contributed by atoms with Crippen molar-refractivity contribution in [1.29, 1.82) is 0 Å². The molecule has 0 bridgehead atoms. The number of carbonyl (C=O) groups excluding carboxylic acids is 1. The summed E-state index contributed by atoms with van der Waals surface area (Å²) < 4.78 is 22.7. The van der Waals surface area contributed by atoms with Gasteiger partial charge in [0.2, 0.25) is 5.91 Å². The number of hydrogen-bond donors (Lipinski definition) is 1. The first-order chi connectivity index (χ1) is 7.38. The van der Waals surface area contributed by atoms with E-state index in [0.717, 1.165) is 25.6 Å². The van der Waals surface area contributed by atoms with Gasteiger partial charge in [0.05, 0.1) is 0 Å². The van der Waals surface area contributed by atoms with Crippen molar-refractivity contribution in [2.75, 3.05) is 26.4 Å². The maximum absolute atomic E-state index is 12.0. The third-order valence-corrected chi connectivity index (χ3v) is 4.58. The molecule has 0 aromatic rings. The topological polar surface area (TPSA) is 66.5 Å². The average Bonchev–Trinajstić information content (AvgIpc) is 2.63. The van der Waals surface area contributed by atoms with Crippen LogP contribution in [0.25, 0.3) is 0 Å². The Balaban J connectivity index is 0.00000256. The summed E-state index contributed by atoms with van der Waals surface area (Å²) in [4.78, 5) is 13.7. The highest BCUT2D eigenvalue weighted by molar-refractivity contribution is 7.92. The molecule has 1 heterocycles. The molecule has 1 rings (SSSR count). The number of nitrogens with one attached hydrogen (secondary N) is 1. The van der Waals surface area contributed by atoms with E-state index in [1.807, 2.05) is 7.05 Å². The minimum atomic E-state index is -3.29. The van der Waals surface area contributed by atoms with E-state index in [2.05, 4.69) is 5.32 Å². The van der Waals surface area contributed by atoms with Gasteiger partial charge >= 0.3 is 0 Å². The molecule has 0 aromatic heterocycles. The smallest absolute Gasteiger partial charge is 0.240 e. The Labute approximate surface area is 109 Å². The number of hydrogen-bond acceptors (Lipinski definition) is 4. The zero-order valence-electron chi connectivity index (χ0n) is 10.5. The van der Waals surface area contributed by atoms with Crippen molar-refractivity contribution in [1.82, 2.24) is 10.2 Å². The second-order valence-electron chi connectivity index (χ2n) is 4.36. The Kier molecular flexibility index (Phi) is 6.43. The number of carbonyl (C=O) groups is 1. The van der Waals surface area contributed by atoms with Crippen LogP contribution in [0.15, 0.2) is 0 Å². The van der Waals surface area contributed by atoms with E-state index in [9.17, 15) is 13.2 Å².